The Balaban J connectivity index is 2.62. The predicted molar refractivity (Wildman–Crippen MR) is 62.2 cm³/mol. The van der Waals surface area contributed by atoms with E-state index in [1.54, 1.807) is 17.8 Å². The van der Waals surface area contributed by atoms with Crippen molar-refractivity contribution in [1.82, 2.24) is 4.98 Å². The van der Waals surface area contributed by atoms with Crippen LogP contribution in [0.15, 0.2) is 23.2 Å². The largest absolute Gasteiger partial charge is 0.396 e. The zero-order valence-corrected chi connectivity index (χ0v) is 9.42. The predicted octanol–water partition coefficient (Wildman–Crippen LogP) is 1.09. The minimum Gasteiger partial charge on any atom is -0.396 e. The minimum absolute atomic E-state index is 0.0207. The number of amidine groups is 1. The van der Waals surface area contributed by atoms with Crippen LogP contribution in [0.5, 0.6) is 0 Å². The van der Waals surface area contributed by atoms with E-state index in [1.165, 1.54) is 0 Å². The fraction of sp³-hybridized carbons (Fsp3) is 0.400. The molecule has 0 saturated heterocycles. The van der Waals surface area contributed by atoms with Gasteiger partial charge in [0, 0.05) is 12.4 Å². The molecule has 0 aliphatic carbocycles. The second kappa shape index (κ2) is 5.72. The van der Waals surface area contributed by atoms with Crippen molar-refractivity contribution in [3.8, 4) is 0 Å². The van der Waals surface area contributed by atoms with Crippen molar-refractivity contribution >= 4 is 17.6 Å². The molecule has 1 heterocycles. The Morgan fingerprint density at radius 1 is 1.67 bits per heavy atom. The van der Waals surface area contributed by atoms with Crippen LogP contribution in [0.4, 0.5) is 0 Å². The maximum Gasteiger partial charge on any atom is 0.141 e. The number of nitrogens with zero attached hydrogens (tertiary/aromatic N) is 1. The van der Waals surface area contributed by atoms with Crippen molar-refractivity contribution in [2.24, 2.45) is 11.7 Å². The smallest absolute Gasteiger partial charge is 0.141 e. The van der Waals surface area contributed by atoms with Crippen molar-refractivity contribution in [2.75, 3.05) is 12.4 Å². The lowest BCUT2D eigenvalue weighted by Crippen LogP contribution is -2.13. The molecule has 4 nitrogen and oxygen atoms in total. The van der Waals surface area contributed by atoms with Crippen LogP contribution in [0.1, 0.15) is 12.6 Å². The monoisotopic (exact) mass is 225 g/mol. The van der Waals surface area contributed by atoms with E-state index in [2.05, 4.69) is 4.98 Å². The molecule has 15 heavy (non-hydrogen) atoms. The highest BCUT2D eigenvalue weighted by Gasteiger charge is 2.04. The highest BCUT2D eigenvalue weighted by atomic mass is 32.2. The van der Waals surface area contributed by atoms with Crippen LogP contribution >= 0.6 is 11.8 Å². The summed E-state index contributed by atoms with van der Waals surface area (Å²) in [5.74, 6) is 1.04. The average molecular weight is 225 g/mol. The van der Waals surface area contributed by atoms with Crippen LogP contribution in [0.3, 0.4) is 0 Å². The standard InChI is InChI=1S/C10H15N3OS/c1-7(5-14)6-15-9-4-2-3-8(13-9)10(11)12/h2-4,7,14H,5-6H2,1H3,(H3,11,12). The summed E-state index contributed by atoms with van der Waals surface area (Å²) in [4.78, 5) is 4.21. The highest BCUT2D eigenvalue weighted by molar-refractivity contribution is 7.99. The third-order valence-corrected chi connectivity index (χ3v) is 3.09. The molecule has 1 rings (SSSR count). The van der Waals surface area contributed by atoms with Crippen LogP contribution in [0.25, 0.3) is 0 Å². The molecule has 0 amide bonds. The molecule has 0 saturated carbocycles. The second-order valence-corrected chi connectivity index (χ2v) is 4.41. The number of aliphatic hydroxyl groups is 1. The van der Waals surface area contributed by atoms with Gasteiger partial charge in [0.1, 0.15) is 11.5 Å². The number of rotatable bonds is 5. The Morgan fingerprint density at radius 3 is 3.00 bits per heavy atom. The summed E-state index contributed by atoms with van der Waals surface area (Å²) in [6.07, 6.45) is 0. The van der Waals surface area contributed by atoms with Crippen molar-refractivity contribution < 1.29 is 5.11 Å². The van der Waals surface area contributed by atoms with Crippen LogP contribution < -0.4 is 5.73 Å². The van der Waals surface area contributed by atoms with Crippen molar-refractivity contribution in [1.29, 1.82) is 5.41 Å². The Morgan fingerprint density at radius 2 is 2.40 bits per heavy atom. The Hall–Kier alpha value is -1.07. The molecule has 0 aliphatic rings. The van der Waals surface area contributed by atoms with Gasteiger partial charge in [0.05, 0.1) is 5.03 Å². The molecule has 0 aliphatic heterocycles. The first-order valence-corrected chi connectivity index (χ1v) is 5.67. The number of nitrogen functional groups attached to an aromatic ring is 1. The average Bonchev–Trinajstić information content (AvgIpc) is 2.26. The van der Waals surface area contributed by atoms with Gasteiger partial charge in [-0.25, -0.2) is 4.98 Å². The maximum absolute atomic E-state index is 8.87. The number of hydrogen-bond donors (Lipinski definition) is 3. The maximum atomic E-state index is 8.87. The highest BCUT2D eigenvalue weighted by Crippen LogP contribution is 2.18. The zero-order valence-electron chi connectivity index (χ0n) is 8.60. The number of hydrogen-bond acceptors (Lipinski definition) is 4. The zero-order chi connectivity index (χ0) is 11.3. The van der Waals surface area contributed by atoms with E-state index in [9.17, 15) is 0 Å². The number of nitrogens with one attached hydrogen (secondary N) is 1. The number of thioether (sulfide) groups is 1. The number of aliphatic hydroxyl groups excluding tert-OH is 1. The summed E-state index contributed by atoms with van der Waals surface area (Å²) in [5.41, 5.74) is 5.83. The Labute approximate surface area is 93.4 Å². The fourth-order valence-electron chi connectivity index (χ4n) is 0.926. The molecule has 0 radical (unpaired) electrons. The van der Waals surface area contributed by atoms with Gasteiger partial charge in [0.15, 0.2) is 0 Å². The van der Waals surface area contributed by atoms with E-state index in [4.69, 9.17) is 16.2 Å². The summed E-state index contributed by atoms with van der Waals surface area (Å²) in [5, 5.41) is 17.0. The Kier molecular flexibility index (Phi) is 4.58. The fourth-order valence-corrected chi connectivity index (χ4v) is 1.82. The first-order chi connectivity index (χ1) is 7.13. The van der Waals surface area contributed by atoms with Gasteiger partial charge in [-0.3, -0.25) is 5.41 Å². The van der Waals surface area contributed by atoms with E-state index in [0.29, 0.717) is 5.69 Å². The van der Waals surface area contributed by atoms with Crippen LogP contribution in [-0.4, -0.2) is 28.3 Å². The van der Waals surface area contributed by atoms with Gasteiger partial charge in [0.25, 0.3) is 0 Å². The van der Waals surface area contributed by atoms with Crippen LogP contribution in [0.2, 0.25) is 0 Å². The lowest BCUT2D eigenvalue weighted by atomic mass is 10.2. The lowest BCUT2D eigenvalue weighted by Gasteiger charge is -2.07. The first kappa shape index (κ1) is 12.0. The van der Waals surface area contributed by atoms with E-state index in [1.807, 2.05) is 19.1 Å². The summed E-state index contributed by atoms with van der Waals surface area (Å²) >= 11 is 1.56. The molecule has 1 aromatic heterocycles. The van der Waals surface area contributed by atoms with Gasteiger partial charge in [0.2, 0.25) is 0 Å². The van der Waals surface area contributed by atoms with E-state index < -0.39 is 0 Å². The van der Waals surface area contributed by atoms with Gasteiger partial charge < -0.3 is 10.8 Å². The third-order valence-electron chi connectivity index (χ3n) is 1.83. The summed E-state index contributed by atoms with van der Waals surface area (Å²) < 4.78 is 0. The van der Waals surface area contributed by atoms with E-state index >= 15 is 0 Å². The lowest BCUT2D eigenvalue weighted by molar-refractivity contribution is 0.250. The van der Waals surface area contributed by atoms with Gasteiger partial charge in [-0.2, -0.15) is 0 Å². The van der Waals surface area contributed by atoms with E-state index in [-0.39, 0.29) is 18.4 Å². The molecule has 5 heteroatoms. The van der Waals surface area contributed by atoms with Crippen LogP contribution in [-0.2, 0) is 0 Å². The van der Waals surface area contributed by atoms with Gasteiger partial charge in [-0.1, -0.05) is 13.0 Å². The molecule has 0 spiro atoms. The van der Waals surface area contributed by atoms with Crippen molar-refractivity contribution in [2.45, 2.75) is 11.9 Å². The summed E-state index contributed by atoms with van der Waals surface area (Å²) in [6, 6.07) is 5.42. The van der Waals surface area contributed by atoms with Crippen LogP contribution in [0, 0.1) is 11.3 Å². The summed E-state index contributed by atoms with van der Waals surface area (Å²) in [7, 11) is 0. The topological polar surface area (TPSA) is 83.0 Å². The van der Waals surface area contributed by atoms with Crippen molar-refractivity contribution in [3.63, 3.8) is 0 Å². The number of aromatic nitrogens is 1. The molecule has 82 valence electrons. The second-order valence-electron chi connectivity index (χ2n) is 3.37. The normalized spacial score (nSPS) is 12.4. The Bertz CT molecular complexity index is 343. The quantitative estimate of drug-likeness (QED) is 0.398. The molecule has 1 aromatic rings. The number of nitrogens with two attached hydrogens (primary N) is 1. The minimum atomic E-state index is -0.0207. The summed E-state index contributed by atoms with van der Waals surface area (Å²) in [6.45, 7) is 2.15. The molecular weight excluding hydrogens is 210 g/mol. The van der Waals surface area contributed by atoms with Gasteiger partial charge in [-0.05, 0) is 18.1 Å². The SMILES string of the molecule is CC(CO)CSc1cccc(C(=N)N)n1. The number of pyridine rings is 1. The molecular formula is C10H15N3OS. The third kappa shape index (κ3) is 3.89. The molecule has 0 bridgehead atoms. The molecule has 0 aromatic carbocycles. The van der Waals surface area contributed by atoms with Gasteiger partial charge >= 0.3 is 0 Å². The van der Waals surface area contributed by atoms with Gasteiger partial charge in [-0.15, -0.1) is 11.8 Å². The first-order valence-electron chi connectivity index (χ1n) is 4.68. The van der Waals surface area contributed by atoms with Crippen molar-refractivity contribution in [3.05, 3.63) is 23.9 Å². The molecule has 1 atom stereocenters. The van der Waals surface area contributed by atoms with E-state index in [0.717, 1.165) is 10.8 Å². The molecule has 4 N–H and O–H groups in total. The molecule has 1 unspecified atom stereocenters. The molecule has 0 fully saturated rings.